The molecule has 0 aliphatic heterocycles. The molecule has 0 aromatic heterocycles. The molecule has 2 aromatic rings. The Morgan fingerprint density at radius 3 is 2.48 bits per heavy atom. The maximum absolute atomic E-state index is 12.9. The number of benzene rings is 2. The number of hydrogen-bond acceptors (Lipinski definition) is 3. The fourth-order valence-corrected chi connectivity index (χ4v) is 2.20. The van der Waals surface area contributed by atoms with E-state index in [0.717, 1.165) is 5.56 Å². The van der Waals surface area contributed by atoms with Gasteiger partial charge in [0.1, 0.15) is 23.8 Å². The van der Waals surface area contributed by atoms with Crippen LogP contribution in [0.4, 0.5) is 4.39 Å². The van der Waals surface area contributed by atoms with Gasteiger partial charge in [0, 0.05) is 16.7 Å². The maximum Gasteiger partial charge on any atom is 0.331 e. The number of rotatable bonds is 5. The first-order valence-corrected chi connectivity index (χ1v) is 8.18. The topological polar surface area (TPSA) is 35.5 Å². The minimum absolute atomic E-state index is 0.273. The van der Waals surface area contributed by atoms with Gasteiger partial charge < -0.3 is 9.47 Å². The number of carbonyl (C=O) groups excluding carboxylic acids is 1. The first-order chi connectivity index (χ1) is 11.7. The third kappa shape index (κ3) is 6.59. The maximum atomic E-state index is 12.9. The molecule has 0 aliphatic carbocycles. The molecule has 132 valence electrons. The summed E-state index contributed by atoms with van der Waals surface area (Å²) in [5.74, 6) is -0.179. The molecule has 0 saturated heterocycles. The molecule has 25 heavy (non-hydrogen) atoms. The highest BCUT2D eigenvalue weighted by atomic mass is 35.5. The lowest BCUT2D eigenvalue weighted by atomic mass is 10.1. The Balaban J connectivity index is 2.11. The molecule has 0 N–H and O–H groups in total. The standard InChI is InChI=1S/C20H20ClFO3/c1-20(2,3)25-19(23)11-6-15-12-16(21)7-10-18(15)24-13-14-4-8-17(22)9-5-14/h4-12H,13H2,1-3H3/b11-6+. The lowest BCUT2D eigenvalue weighted by molar-refractivity contribution is -0.148. The Bertz CT molecular complexity index is 762. The summed E-state index contributed by atoms with van der Waals surface area (Å²) in [4.78, 5) is 11.8. The van der Waals surface area contributed by atoms with E-state index in [4.69, 9.17) is 21.1 Å². The van der Waals surface area contributed by atoms with Gasteiger partial charge in [0.15, 0.2) is 0 Å². The molecule has 0 heterocycles. The van der Waals surface area contributed by atoms with Gasteiger partial charge in [0.25, 0.3) is 0 Å². The number of halogens is 2. The fraction of sp³-hybridized carbons (Fsp3) is 0.250. The van der Waals surface area contributed by atoms with Crippen molar-refractivity contribution >= 4 is 23.6 Å². The zero-order chi connectivity index (χ0) is 18.4. The normalized spacial score (nSPS) is 11.6. The highest BCUT2D eigenvalue weighted by molar-refractivity contribution is 6.30. The number of hydrogen-bond donors (Lipinski definition) is 0. The van der Waals surface area contributed by atoms with Crippen molar-refractivity contribution in [2.75, 3.05) is 0 Å². The molecule has 2 aromatic carbocycles. The van der Waals surface area contributed by atoms with Crippen LogP contribution in [-0.4, -0.2) is 11.6 Å². The summed E-state index contributed by atoms with van der Waals surface area (Å²) < 4.78 is 23.9. The molecule has 0 radical (unpaired) electrons. The Labute approximate surface area is 152 Å². The summed E-state index contributed by atoms with van der Waals surface area (Å²) in [6.45, 7) is 5.68. The summed E-state index contributed by atoms with van der Waals surface area (Å²) in [6.07, 6.45) is 2.93. The van der Waals surface area contributed by atoms with Gasteiger partial charge in [-0.05, 0) is 62.7 Å². The van der Waals surface area contributed by atoms with E-state index in [-0.39, 0.29) is 12.4 Å². The van der Waals surface area contributed by atoms with Gasteiger partial charge in [-0.25, -0.2) is 9.18 Å². The molecule has 2 rings (SSSR count). The molecule has 0 saturated carbocycles. The van der Waals surface area contributed by atoms with Gasteiger partial charge in [-0.3, -0.25) is 0 Å². The van der Waals surface area contributed by atoms with Crippen LogP contribution in [0.2, 0.25) is 5.02 Å². The summed E-state index contributed by atoms with van der Waals surface area (Å²) in [6, 6.07) is 11.2. The third-order valence-electron chi connectivity index (χ3n) is 3.09. The van der Waals surface area contributed by atoms with Crippen molar-refractivity contribution in [1.29, 1.82) is 0 Å². The molecule has 0 atom stereocenters. The molecule has 3 nitrogen and oxygen atoms in total. The van der Waals surface area contributed by atoms with E-state index >= 15 is 0 Å². The van der Waals surface area contributed by atoms with Crippen molar-refractivity contribution in [3.05, 3.63) is 70.5 Å². The Hall–Kier alpha value is -2.33. The zero-order valence-electron chi connectivity index (χ0n) is 14.4. The molecule has 5 heteroatoms. The SMILES string of the molecule is CC(C)(C)OC(=O)/C=C/c1cc(Cl)ccc1OCc1ccc(F)cc1. The predicted octanol–water partition coefficient (Wildman–Crippen LogP) is 5.41. The zero-order valence-corrected chi connectivity index (χ0v) is 15.1. The first kappa shape index (κ1) is 19.0. The molecule has 0 amide bonds. The van der Waals surface area contributed by atoms with Gasteiger partial charge in [0.05, 0.1) is 0 Å². The van der Waals surface area contributed by atoms with E-state index in [1.165, 1.54) is 18.2 Å². The van der Waals surface area contributed by atoms with Crippen molar-refractivity contribution in [2.45, 2.75) is 33.0 Å². The highest BCUT2D eigenvalue weighted by Gasteiger charge is 2.14. The highest BCUT2D eigenvalue weighted by Crippen LogP contribution is 2.25. The molecular formula is C20H20ClFO3. The molecule has 0 fully saturated rings. The van der Waals surface area contributed by atoms with Crippen LogP contribution >= 0.6 is 11.6 Å². The molecule has 0 unspecified atom stereocenters. The minimum atomic E-state index is -0.558. The van der Waals surface area contributed by atoms with Crippen molar-refractivity contribution in [2.24, 2.45) is 0 Å². The molecular weight excluding hydrogens is 343 g/mol. The van der Waals surface area contributed by atoms with Gasteiger partial charge in [-0.2, -0.15) is 0 Å². The molecule has 0 bridgehead atoms. The second-order valence-corrected chi connectivity index (χ2v) is 6.90. The third-order valence-corrected chi connectivity index (χ3v) is 3.32. The largest absolute Gasteiger partial charge is 0.488 e. The van der Waals surface area contributed by atoms with Crippen molar-refractivity contribution in [3.63, 3.8) is 0 Å². The van der Waals surface area contributed by atoms with E-state index in [2.05, 4.69) is 0 Å². The van der Waals surface area contributed by atoms with Gasteiger partial charge in [-0.1, -0.05) is 23.7 Å². The van der Waals surface area contributed by atoms with Crippen LogP contribution in [0.25, 0.3) is 6.08 Å². The van der Waals surface area contributed by atoms with E-state index in [9.17, 15) is 9.18 Å². The quantitative estimate of drug-likeness (QED) is 0.526. The Kier molecular flexibility index (Phi) is 6.21. The lowest BCUT2D eigenvalue weighted by Gasteiger charge is -2.18. The molecule has 0 aliphatic rings. The van der Waals surface area contributed by atoms with E-state index in [0.29, 0.717) is 16.3 Å². The number of carbonyl (C=O) groups is 1. The van der Waals surface area contributed by atoms with Crippen LogP contribution in [0.5, 0.6) is 5.75 Å². The van der Waals surface area contributed by atoms with Crippen molar-refractivity contribution < 1.29 is 18.7 Å². The summed E-state index contributed by atoms with van der Waals surface area (Å²) in [7, 11) is 0. The predicted molar refractivity (Wildman–Crippen MR) is 97.1 cm³/mol. The summed E-state index contributed by atoms with van der Waals surface area (Å²) >= 11 is 6.03. The van der Waals surface area contributed by atoms with Crippen LogP contribution in [0.3, 0.4) is 0 Å². The molecule has 0 spiro atoms. The minimum Gasteiger partial charge on any atom is -0.488 e. The second kappa shape index (κ2) is 8.17. The van der Waals surface area contributed by atoms with Gasteiger partial charge >= 0.3 is 5.97 Å². The summed E-state index contributed by atoms with van der Waals surface area (Å²) in [5, 5.41) is 0.526. The smallest absolute Gasteiger partial charge is 0.331 e. The van der Waals surface area contributed by atoms with Crippen LogP contribution in [0, 0.1) is 5.82 Å². The van der Waals surface area contributed by atoms with Crippen LogP contribution < -0.4 is 4.74 Å². The van der Waals surface area contributed by atoms with E-state index < -0.39 is 11.6 Å². The van der Waals surface area contributed by atoms with Gasteiger partial charge in [-0.15, -0.1) is 0 Å². The Morgan fingerprint density at radius 2 is 1.84 bits per heavy atom. The van der Waals surface area contributed by atoms with E-state index in [1.54, 1.807) is 57.2 Å². The fourth-order valence-electron chi connectivity index (χ4n) is 2.02. The number of ether oxygens (including phenoxy) is 2. The van der Waals surface area contributed by atoms with Crippen molar-refractivity contribution in [1.82, 2.24) is 0 Å². The van der Waals surface area contributed by atoms with E-state index in [1.807, 2.05) is 0 Å². The van der Waals surface area contributed by atoms with Gasteiger partial charge in [0.2, 0.25) is 0 Å². The monoisotopic (exact) mass is 362 g/mol. The van der Waals surface area contributed by atoms with Crippen LogP contribution in [-0.2, 0) is 16.1 Å². The summed E-state index contributed by atoms with van der Waals surface area (Å²) in [5.41, 5.74) is 0.927. The van der Waals surface area contributed by atoms with Crippen LogP contribution in [0.15, 0.2) is 48.5 Å². The first-order valence-electron chi connectivity index (χ1n) is 7.81. The lowest BCUT2D eigenvalue weighted by Crippen LogP contribution is -2.22. The van der Waals surface area contributed by atoms with Crippen LogP contribution in [0.1, 0.15) is 31.9 Å². The number of esters is 1. The average molecular weight is 363 g/mol. The van der Waals surface area contributed by atoms with Crippen molar-refractivity contribution in [3.8, 4) is 5.75 Å². The second-order valence-electron chi connectivity index (χ2n) is 6.46. The average Bonchev–Trinajstić information content (AvgIpc) is 2.52. The Morgan fingerprint density at radius 1 is 1.16 bits per heavy atom.